The third-order valence-corrected chi connectivity index (χ3v) is 9.41. The molecule has 0 unspecified atom stereocenters. The zero-order chi connectivity index (χ0) is 18.5. The van der Waals surface area contributed by atoms with Gasteiger partial charge in [0, 0.05) is 10.8 Å². The van der Waals surface area contributed by atoms with E-state index in [2.05, 4.69) is 6.92 Å². The Morgan fingerprint density at radius 1 is 0.800 bits per heavy atom. The summed E-state index contributed by atoms with van der Waals surface area (Å²) in [5, 5.41) is 55.7. The first-order valence-corrected chi connectivity index (χ1v) is 9.95. The Kier molecular flexibility index (Phi) is 3.78. The molecule has 0 aromatic heterocycles. The van der Waals surface area contributed by atoms with Crippen LogP contribution in [0.15, 0.2) is 0 Å². The smallest absolute Gasteiger partial charge is 0.101 e. The van der Waals surface area contributed by atoms with Gasteiger partial charge in [-0.15, -0.1) is 0 Å². The monoisotopic (exact) mass is 354 g/mol. The van der Waals surface area contributed by atoms with E-state index in [1.165, 1.54) is 0 Å². The van der Waals surface area contributed by atoms with E-state index < -0.39 is 40.8 Å². The molecule has 0 aromatic rings. The average Bonchev–Trinajstić information content (AvgIpc) is 2.75. The highest BCUT2D eigenvalue weighted by atomic mass is 16.4. The first-order valence-electron chi connectivity index (χ1n) is 9.95. The van der Waals surface area contributed by atoms with Crippen molar-refractivity contribution in [1.29, 1.82) is 0 Å². The summed E-state index contributed by atoms with van der Waals surface area (Å²) in [6.45, 7) is 7.73. The summed E-state index contributed by atoms with van der Waals surface area (Å²) in [4.78, 5) is 0. The summed E-state index contributed by atoms with van der Waals surface area (Å²) in [5.41, 5.74) is -2.98. The second-order valence-corrected chi connectivity index (χ2v) is 10.2. The fourth-order valence-electron chi connectivity index (χ4n) is 7.75. The van der Waals surface area contributed by atoms with Crippen LogP contribution in [0.4, 0.5) is 0 Å². The van der Waals surface area contributed by atoms with Crippen LogP contribution < -0.4 is 0 Å². The number of aliphatic hydroxyl groups excluding tert-OH is 4. The molecule has 4 aliphatic carbocycles. The van der Waals surface area contributed by atoms with Gasteiger partial charge in [-0.25, -0.2) is 0 Å². The molecule has 4 saturated carbocycles. The van der Waals surface area contributed by atoms with Crippen LogP contribution in [0.2, 0.25) is 0 Å². The van der Waals surface area contributed by atoms with Gasteiger partial charge in [-0.2, -0.15) is 0 Å². The second kappa shape index (κ2) is 5.20. The predicted molar refractivity (Wildman–Crippen MR) is 92.5 cm³/mol. The topological polar surface area (TPSA) is 101 Å². The summed E-state index contributed by atoms with van der Waals surface area (Å²) < 4.78 is 0. The second-order valence-electron chi connectivity index (χ2n) is 10.2. The lowest BCUT2D eigenvalue weighted by molar-refractivity contribution is -0.182. The molecule has 0 heterocycles. The van der Waals surface area contributed by atoms with E-state index in [9.17, 15) is 25.5 Å². The maximum atomic E-state index is 11.7. The van der Waals surface area contributed by atoms with Crippen LogP contribution in [-0.2, 0) is 0 Å². The Balaban J connectivity index is 1.85. The molecule has 4 aliphatic rings. The van der Waals surface area contributed by atoms with Crippen molar-refractivity contribution in [3.8, 4) is 0 Å². The number of hydrogen-bond donors (Lipinski definition) is 5. The van der Waals surface area contributed by atoms with Gasteiger partial charge >= 0.3 is 0 Å². The fraction of sp³-hybridized carbons (Fsp3) is 1.00. The molecule has 1 spiro atoms. The summed E-state index contributed by atoms with van der Waals surface area (Å²) in [6, 6.07) is 0. The van der Waals surface area contributed by atoms with Gasteiger partial charge in [-0.1, -0.05) is 27.7 Å². The van der Waals surface area contributed by atoms with Crippen LogP contribution in [0, 0.1) is 40.4 Å². The van der Waals surface area contributed by atoms with Crippen molar-refractivity contribution < 1.29 is 25.5 Å². The third-order valence-electron chi connectivity index (χ3n) is 9.41. The summed E-state index contributed by atoms with van der Waals surface area (Å²) in [6.07, 6.45) is -0.582. The van der Waals surface area contributed by atoms with Crippen LogP contribution in [0.5, 0.6) is 0 Å². The number of hydrogen-bond acceptors (Lipinski definition) is 5. The Morgan fingerprint density at radius 2 is 1.44 bits per heavy atom. The summed E-state index contributed by atoms with van der Waals surface area (Å²) in [7, 11) is 0. The van der Waals surface area contributed by atoms with Gasteiger partial charge in [0.15, 0.2) is 0 Å². The van der Waals surface area contributed by atoms with Gasteiger partial charge in [0.25, 0.3) is 0 Å². The van der Waals surface area contributed by atoms with Gasteiger partial charge in [-0.3, -0.25) is 0 Å². The van der Waals surface area contributed by atoms with Crippen LogP contribution in [-0.4, -0.2) is 55.5 Å². The first kappa shape index (κ1) is 18.2. The Bertz CT molecular complexity index is 558. The van der Waals surface area contributed by atoms with Gasteiger partial charge < -0.3 is 25.5 Å². The van der Waals surface area contributed by atoms with Crippen molar-refractivity contribution in [3.63, 3.8) is 0 Å². The zero-order valence-electron chi connectivity index (χ0n) is 15.8. The lowest BCUT2D eigenvalue weighted by Gasteiger charge is -2.48. The molecule has 0 amide bonds. The van der Waals surface area contributed by atoms with Crippen LogP contribution in [0.25, 0.3) is 0 Å². The first-order chi connectivity index (χ1) is 11.5. The zero-order valence-corrected chi connectivity index (χ0v) is 15.8. The van der Waals surface area contributed by atoms with E-state index in [1.807, 2.05) is 20.8 Å². The van der Waals surface area contributed by atoms with Crippen molar-refractivity contribution in [3.05, 3.63) is 0 Å². The molecule has 4 fully saturated rings. The van der Waals surface area contributed by atoms with E-state index in [0.29, 0.717) is 6.42 Å². The number of fused-ring (bicyclic) bond motifs is 2. The molecule has 25 heavy (non-hydrogen) atoms. The Hall–Kier alpha value is -0.200. The average molecular weight is 354 g/mol. The van der Waals surface area contributed by atoms with Crippen molar-refractivity contribution in [1.82, 2.24) is 0 Å². The summed E-state index contributed by atoms with van der Waals surface area (Å²) >= 11 is 0. The Labute approximate surface area is 150 Å². The molecule has 2 bridgehead atoms. The quantitative estimate of drug-likeness (QED) is 0.445. The van der Waals surface area contributed by atoms with Gasteiger partial charge in [0.1, 0.15) is 5.60 Å². The molecule has 4 rings (SSSR count). The molecule has 0 aromatic carbocycles. The van der Waals surface area contributed by atoms with Crippen molar-refractivity contribution in [2.45, 2.75) is 83.4 Å². The van der Waals surface area contributed by atoms with Crippen molar-refractivity contribution in [2.75, 3.05) is 0 Å². The lowest BCUT2D eigenvalue weighted by Crippen LogP contribution is -2.58. The summed E-state index contributed by atoms with van der Waals surface area (Å²) in [5.74, 6) is -0.0891. The normalized spacial score (nSPS) is 63.0. The standard InChI is InChI=1S/C20H34O5/c1-9-11-5-6-12-10(2)13-7-14(21)18(3,4)20(13,25)15(22)8-19(12,16(9)23)17(11)24/h9-17,21-25H,5-8H2,1-4H3/t9-,10+,11+,12+,13+,14+,15-,16-,17-,19-,20+/m1/s1. The van der Waals surface area contributed by atoms with Crippen LogP contribution in [0.1, 0.15) is 53.4 Å². The van der Waals surface area contributed by atoms with Crippen LogP contribution >= 0.6 is 0 Å². The molecule has 5 N–H and O–H groups in total. The van der Waals surface area contributed by atoms with E-state index in [0.717, 1.165) is 12.8 Å². The molecule has 5 heteroatoms. The highest BCUT2D eigenvalue weighted by Gasteiger charge is 2.73. The van der Waals surface area contributed by atoms with Crippen molar-refractivity contribution in [2.24, 2.45) is 40.4 Å². The van der Waals surface area contributed by atoms with Gasteiger partial charge in [0.2, 0.25) is 0 Å². The molecule has 11 atom stereocenters. The lowest BCUT2D eigenvalue weighted by atomic mass is 9.58. The molecular weight excluding hydrogens is 320 g/mol. The minimum absolute atomic E-state index is 0.00517. The maximum absolute atomic E-state index is 11.7. The van der Waals surface area contributed by atoms with Crippen LogP contribution in [0.3, 0.4) is 0 Å². The Morgan fingerprint density at radius 3 is 2.08 bits per heavy atom. The molecule has 0 radical (unpaired) electrons. The molecule has 0 saturated heterocycles. The maximum Gasteiger partial charge on any atom is 0.101 e. The van der Waals surface area contributed by atoms with E-state index in [4.69, 9.17) is 0 Å². The minimum Gasteiger partial charge on any atom is -0.392 e. The van der Waals surface area contributed by atoms with E-state index >= 15 is 0 Å². The largest absolute Gasteiger partial charge is 0.392 e. The SMILES string of the molecule is C[C@@H]1[C@@H]2CC[C@H]3[C@H](C)[C@@H]4C[C@H](O)C(C)(C)[C@@]4(O)[C@H](O)C[C@@]3([C@@H]1O)[C@@H]2O. The fourth-order valence-corrected chi connectivity index (χ4v) is 7.75. The molecule has 144 valence electrons. The molecule has 0 aliphatic heterocycles. The predicted octanol–water partition coefficient (Wildman–Crippen LogP) is 0.909. The highest BCUT2D eigenvalue weighted by Crippen LogP contribution is 2.68. The highest BCUT2D eigenvalue weighted by molar-refractivity contribution is 5.22. The van der Waals surface area contributed by atoms with E-state index in [1.54, 1.807) is 0 Å². The molecule has 5 nitrogen and oxygen atoms in total. The van der Waals surface area contributed by atoms with E-state index in [-0.39, 0.29) is 36.0 Å². The third kappa shape index (κ3) is 1.82. The van der Waals surface area contributed by atoms with Gasteiger partial charge in [0.05, 0.1) is 24.4 Å². The van der Waals surface area contributed by atoms with Gasteiger partial charge in [-0.05, 0) is 55.3 Å². The number of aliphatic hydroxyl groups is 5. The number of rotatable bonds is 0. The minimum atomic E-state index is -1.40. The molecular formula is C20H34O5. The van der Waals surface area contributed by atoms with Crippen molar-refractivity contribution >= 4 is 0 Å².